The van der Waals surface area contributed by atoms with Crippen LogP contribution in [0.3, 0.4) is 0 Å². The van der Waals surface area contributed by atoms with Crippen molar-refractivity contribution in [2.24, 2.45) is 5.73 Å². The van der Waals surface area contributed by atoms with Crippen LogP contribution in [0.4, 0.5) is 5.82 Å². The molecule has 0 spiro atoms. The summed E-state index contributed by atoms with van der Waals surface area (Å²) in [5.74, 6) is 0.914. The highest BCUT2D eigenvalue weighted by atomic mass is 16.5. The highest BCUT2D eigenvalue weighted by molar-refractivity contribution is 5.52. The summed E-state index contributed by atoms with van der Waals surface area (Å²) >= 11 is 0. The van der Waals surface area contributed by atoms with E-state index in [1.807, 2.05) is 19.9 Å². The normalized spacial score (nSPS) is 26.4. The molecule has 3 unspecified atom stereocenters. The SMILES string of the molecule is CCOC1CC(N)C1Nc1cc(C)cc2ncnn12. The van der Waals surface area contributed by atoms with E-state index in [2.05, 4.69) is 21.5 Å². The fraction of sp³-hybridized carbons (Fsp3) is 0.538. The minimum Gasteiger partial charge on any atom is -0.376 e. The zero-order chi connectivity index (χ0) is 13.4. The molecule has 6 heteroatoms. The standard InChI is InChI=1S/C13H19N5O/c1-3-19-10-6-9(14)13(10)17-12-5-8(2)4-11-15-7-16-18(11)12/h4-5,7,9-10,13,17H,3,6,14H2,1-2H3. The van der Waals surface area contributed by atoms with Crippen molar-refractivity contribution in [3.8, 4) is 0 Å². The highest BCUT2D eigenvalue weighted by Gasteiger charge is 2.39. The Balaban J connectivity index is 1.86. The first kappa shape index (κ1) is 12.4. The number of nitrogens with one attached hydrogen (secondary N) is 1. The Kier molecular flexibility index (Phi) is 3.12. The van der Waals surface area contributed by atoms with Gasteiger partial charge in [0, 0.05) is 12.6 Å². The van der Waals surface area contributed by atoms with Gasteiger partial charge in [-0.05, 0) is 38.0 Å². The maximum Gasteiger partial charge on any atom is 0.157 e. The second-order valence-corrected chi connectivity index (χ2v) is 5.01. The molecule has 1 aliphatic rings. The minimum atomic E-state index is 0.121. The molecule has 0 aliphatic heterocycles. The van der Waals surface area contributed by atoms with Crippen molar-refractivity contribution in [2.45, 2.75) is 38.5 Å². The number of nitrogens with two attached hydrogens (primary N) is 1. The number of nitrogens with zero attached hydrogens (tertiary/aromatic N) is 3. The van der Waals surface area contributed by atoms with Crippen LogP contribution < -0.4 is 11.1 Å². The second kappa shape index (κ2) is 4.79. The Morgan fingerprint density at radius 2 is 2.37 bits per heavy atom. The lowest BCUT2D eigenvalue weighted by molar-refractivity contribution is -0.0127. The van der Waals surface area contributed by atoms with Gasteiger partial charge in [-0.25, -0.2) is 4.98 Å². The van der Waals surface area contributed by atoms with Crippen LogP contribution in [0, 0.1) is 6.92 Å². The molecule has 19 heavy (non-hydrogen) atoms. The molecule has 2 heterocycles. The number of rotatable bonds is 4. The maximum atomic E-state index is 6.06. The van der Waals surface area contributed by atoms with Crippen LogP contribution in [0.2, 0.25) is 0 Å². The number of aryl methyl sites for hydroxylation is 1. The Bertz CT molecular complexity index is 579. The molecule has 3 rings (SSSR count). The molecule has 0 amide bonds. The third-order valence-electron chi connectivity index (χ3n) is 3.59. The first-order chi connectivity index (χ1) is 9.19. The molecular formula is C13H19N5O. The van der Waals surface area contributed by atoms with Gasteiger partial charge in [-0.1, -0.05) is 0 Å². The van der Waals surface area contributed by atoms with E-state index < -0.39 is 0 Å². The van der Waals surface area contributed by atoms with E-state index in [1.165, 1.54) is 0 Å². The molecule has 0 aromatic carbocycles. The molecule has 0 bridgehead atoms. The summed E-state index contributed by atoms with van der Waals surface area (Å²) in [4.78, 5) is 4.22. The smallest absolute Gasteiger partial charge is 0.157 e. The van der Waals surface area contributed by atoms with Crippen molar-refractivity contribution in [1.82, 2.24) is 14.6 Å². The van der Waals surface area contributed by atoms with Crippen molar-refractivity contribution in [3.63, 3.8) is 0 Å². The molecule has 2 aromatic rings. The molecule has 6 nitrogen and oxygen atoms in total. The predicted molar refractivity (Wildman–Crippen MR) is 73.1 cm³/mol. The third-order valence-corrected chi connectivity index (χ3v) is 3.59. The van der Waals surface area contributed by atoms with E-state index in [9.17, 15) is 0 Å². The lowest BCUT2D eigenvalue weighted by Gasteiger charge is -2.42. The number of hydrogen-bond acceptors (Lipinski definition) is 5. The molecule has 1 fully saturated rings. The molecule has 1 saturated carbocycles. The van der Waals surface area contributed by atoms with Gasteiger partial charge in [0.1, 0.15) is 12.1 Å². The second-order valence-electron chi connectivity index (χ2n) is 5.01. The number of anilines is 1. The Morgan fingerprint density at radius 1 is 1.53 bits per heavy atom. The molecule has 0 radical (unpaired) electrons. The van der Waals surface area contributed by atoms with Crippen molar-refractivity contribution >= 4 is 11.5 Å². The maximum absolute atomic E-state index is 6.06. The summed E-state index contributed by atoms with van der Waals surface area (Å²) in [6.45, 7) is 4.76. The summed E-state index contributed by atoms with van der Waals surface area (Å²) in [6.07, 6.45) is 2.64. The third kappa shape index (κ3) is 2.17. The van der Waals surface area contributed by atoms with Gasteiger partial charge in [-0.2, -0.15) is 9.61 Å². The van der Waals surface area contributed by atoms with Crippen LogP contribution in [-0.2, 0) is 4.74 Å². The lowest BCUT2D eigenvalue weighted by Crippen LogP contribution is -2.60. The van der Waals surface area contributed by atoms with Crippen molar-refractivity contribution in [1.29, 1.82) is 0 Å². The molecule has 0 saturated heterocycles. The van der Waals surface area contributed by atoms with E-state index >= 15 is 0 Å². The van der Waals surface area contributed by atoms with Gasteiger partial charge in [0.25, 0.3) is 0 Å². The van der Waals surface area contributed by atoms with Crippen molar-refractivity contribution in [2.75, 3.05) is 11.9 Å². The van der Waals surface area contributed by atoms with E-state index in [-0.39, 0.29) is 18.2 Å². The summed E-state index contributed by atoms with van der Waals surface area (Å²) in [5.41, 5.74) is 8.04. The Labute approximate surface area is 112 Å². The first-order valence-electron chi connectivity index (χ1n) is 6.63. The largest absolute Gasteiger partial charge is 0.376 e. The van der Waals surface area contributed by atoms with Gasteiger partial charge in [0.15, 0.2) is 5.65 Å². The van der Waals surface area contributed by atoms with Crippen LogP contribution >= 0.6 is 0 Å². The molecule has 2 aromatic heterocycles. The molecule has 1 aliphatic carbocycles. The van der Waals surface area contributed by atoms with E-state index in [1.54, 1.807) is 10.8 Å². The van der Waals surface area contributed by atoms with Crippen LogP contribution in [0.5, 0.6) is 0 Å². The van der Waals surface area contributed by atoms with Gasteiger partial charge >= 0.3 is 0 Å². The summed E-state index contributed by atoms with van der Waals surface area (Å²) in [7, 11) is 0. The zero-order valence-corrected chi connectivity index (χ0v) is 11.2. The van der Waals surface area contributed by atoms with Crippen LogP contribution in [0.25, 0.3) is 5.65 Å². The average molecular weight is 261 g/mol. The number of hydrogen-bond donors (Lipinski definition) is 2. The van der Waals surface area contributed by atoms with E-state index in [4.69, 9.17) is 10.5 Å². The number of aromatic nitrogens is 3. The van der Waals surface area contributed by atoms with Gasteiger partial charge in [-0.3, -0.25) is 0 Å². The molecular weight excluding hydrogens is 242 g/mol. The monoisotopic (exact) mass is 261 g/mol. The van der Waals surface area contributed by atoms with Gasteiger partial charge in [0.05, 0.1) is 12.1 Å². The number of ether oxygens (including phenoxy) is 1. The minimum absolute atomic E-state index is 0.121. The van der Waals surface area contributed by atoms with Crippen molar-refractivity contribution < 1.29 is 4.74 Å². The average Bonchev–Trinajstić information content (AvgIpc) is 2.83. The summed E-state index contributed by atoms with van der Waals surface area (Å²) < 4.78 is 7.46. The fourth-order valence-electron chi connectivity index (χ4n) is 2.56. The van der Waals surface area contributed by atoms with Gasteiger partial charge < -0.3 is 15.8 Å². The van der Waals surface area contributed by atoms with Gasteiger partial charge in [-0.15, -0.1) is 0 Å². The quantitative estimate of drug-likeness (QED) is 0.857. The zero-order valence-electron chi connectivity index (χ0n) is 11.2. The summed E-state index contributed by atoms with van der Waals surface area (Å²) in [6, 6.07) is 4.30. The lowest BCUT2D eigenvalue weighted by atomic mass is 9.83. The van der Waals surface area contributed by atoms with Crippen LogP contribution in [-0.4, -0.2) is 39.4 Å². The van der Waals surface area contributed by atoms with Gasteiger partial charge in [0.2, 0.25) is 0 Å². The van der Waals surface area contributed by atoms with Crippen LogP contribution in [0.15, 0.2) is 18.5 Å². The van der Waals surface area contributed by atoms with E-state index in [0.717, 1.165) is 23.4 Å². The van der Waals surface area contributed by atoms with Crippen LogP contribution in [0.1, 0.15) is 18.9 Å². The first-order valence-corrected chi connectivity index (χ1v) is 6.63. The molecule has 3 atom stereocenters. The predicted octanol–water partition coefficient (Wildman–Crippen LogP) is 0.954. The topological polar surface area (TPSA) is 77.5 Å². The Morgan fingerprint density at radius 3 is 3.11 bits per heavy atom. The number of fused-ring (bicyclic) bond motifs is 1. The van der Waals surface area contributed by atoms with E-state index in [0.29, 0.717) is 6.61 Å². The van der Waals surface area contributed by atoms with Crippen molar-refractivity contribution in [3.05, 3.63) is 24.0 Å². The summed E-state index contributed by atoms with van der Waals surface area (Å²) in [5, 5.41) is 7.67. The molecule has 102 valence electrons. The highest BCUT2D eigenvalue weighted by Crippen LogP contribution is 2.26. The fourth-order valence-corrected chi connectivity index (χ4v) is 2.56. The molecule has 3 N–H and O–H groups in total. The number of pyridine rings is 1. The Hall–Kier alpha value is -1.66.